The zero-order valence-corrected chi connectivity index (χ0v) is 16.8. The number of carboxylic acids is 1. The molecule has 1 saturated heterocycles. The van der Waals surface area contributed by atoms with Crippen molar-refractivity contribution in [3.05, 3.63) is 70.8 Å². The largest absolute Gasteiger partial charge is 0.478 e. The van der Waals surface area contributed by atoms with Crippen LogP contribution in [0.5, 0.6) is 0 Å². The Kier molecular flexibility index (Phi) is 6.32. The fourth-order valence-electron chi connectivity index (χ4n) is 3.75. The Morgan fingerprint density at radius 2 is 1.55 bits per heavy atom. The summed E-state index contributed by atoms with van der Waals surface area (Å²) in [6, 6.07) is 13.9. The highest BCUT2D eigenvalue weighted by Crippen LogP contribution is 2.24. The van der Waals surface area contributed by atoms with Crippen molar-refractivity contribution in [2.24, 2.45) is 5.92 Å². The van der Waals surface area contributed by atoms with Crippen molar-refractivity contribution in [2.45, 2.75) is 19.3 Å². The molecule has 1 heterocycles. The van der Waals surface area contributed by atoms with Crippen LogP contribution in [0.4, 0.5) is 0 Å². The molecule has 0 bridgehead atoms. The quantitative estimate of drug-likeness (QED) is 0.845. The fraction of sp³-hybridized carbons (Fsp3) is 0.348. The van der Waals surface area contributed by atoms with E-state index in [2.05, 4.69) is 0 Å². The van der Waals surface area contributed by atoms with Gasteiger partial charge in [0.25, 0.3) is 11.8 Å². The number of carbonyl (C=O) groups is 3. The summed E-state index contributed by atoms with van der Waals surface area (Å²) in [5, 5.41) is 9.34. The molecular weight excluding hydrogens is 368 g/mol. The smallest absolute Gasteiger partial charge is 0.335 e. The summed E-state index contributed by atoms with van der Waals surface area (Å²) in [5.41, 5.74) is 2.35. The molecule has 2 amide bonds. The first-order chi connectivity index (χ1) is 13.9. The van der Waals surface area contributed by atoms with E-state index >= 15 is 0 Å². The Morgan fingerprint density at radius 1 is 0.966 bits per heavy atom. The Morgan fingerprint density at radius 3 is 2.14 bits per heavy atom. The van der Waals surface area contributed by atoms with Crippen LogP contribution in [0.15, 0.2) is 48.5 Å². The minimum Gasteiger partial charge on any atom is -0.478 e. The average Bonchev–Trinajstić information content (AvgIpc) is 2.73. The van der Waals surface area contributed by atoms with E-state index in [0.29, 0.717) is 42.1 Å². The van der Waals surface area contributed by atoms with Crippen LogP contribution in [0.1, 0.15) is 49.5 Å². The molecular formula is C23H26N2O4. The van der Waals surface area contributed by atoms with Gasteiger partial charge in [-0.1, -0.05) is 18.2 Å². The fourth-order valence-corrected chi connectivity index (χ4v) is 3.75. The lowest BCUT2D eigenvalue weighted by atomic mass is 9.88. The number of benzene rings is 2. The Hall–Kier alpha value is -3.15. The van der Waals surface area contributed by atoms with Gasteiger partial charge in [0.05, 0.1) is 5.56 Å². The third kappa shape index (κ3) is 4.83. The first-order valence-electron chi connectivity index (χ1n) is 9.79. The molecule has 152 valence electrons. The molecule has 0 spiro atoms. The molecule has 0 aromatic heterocycles. The van der Waals surface area contributed by atoms with Gasteiger partial charge in [-0.2, -0.15) is 0 Å². The minimum absolute atomic E-state index is 0.0294. The van der Waals surface area contributed by atoms with Crippen LogP contribution in [0, 0.1) is 5.92 Å². The van der Waals surface area contributed by atoms with Crippen molar-refractivity contribution in [1.29, 1.82) is 0 Å². The van der Waals surface area contributed by atoms with Crippen LogP contribution < -0.4 is 0 Å². The van der Waals surface area contributed by atoms with E-state index in [0.717, 1.165) is 18.4 Å². The molecule has 1 aliphatic rings. The van der Waals surface area contributed by atoms with Crippen molar-refractivity contribution in [2.75, 3.05) is 27.2 Å². The highest BCUT2D eigenvalue weighted by molar-refractivity contribution is 5.97. The molecule has 1 N–H and O–H groups in total. The van der Waals surface area contributed by atoms with Crippen LogP contribution in [0.25, 0.3) is 0 Å². The molecule has 0 saturated carbocycles. The summed E-state index contributed by atoms with van der Waals surface area (Å²) in [6.45, 7) is 1.30. The van der Waals surface area contributed by atoms with E-state index in [1.165, 1.54) is 4.90 Å². The monoisotopic (exact) mass is 394 g/mol. The van der Waals surface area contributed by atoms with E-state index in [-0.39, 0.29) is 11.8 Å². The average molecular weight is 394 g/mol. The van der Waals surface area contributed by atoms with Gasteiger partial charge in [-0.25, -0.2) is 4.79 Å². The first-order valence-corrected chi connectivity index (χ1v) is 9.79. The van der Waals surface area contributed by atoms with Crippen molar-refractivity contribution < 1.29 is 19.5 Å². The number of nitrogens with zero attached hydrogens (tertiary/aromatic N) is 2. The summed E-state index contributed by atoms with van der Waals surface area (Å²) < 4.78 is 0. The maximum atomic E-state index is 12.8. The molecule has 3 rings (SSSR count). The van der Waals surface area contributed by atoms with Gasteiger partial charge in [0.2, 0.25) is 0 Å². The molecule has 0 aliphatic carbocycles. The van der Waals surface area contributed by atoms with Crippen LogP contribution in [-0.2, 0) is 6.42 Å². The lowest BCUT2D eigenvalue weighted by Gasteiger charge is -2.32. The molecule has 1 fully saturated rings. The van der Waals surface area contributed by atoms with E-state index in [1.54, 1.807) is 50.5 Å². The van der Waals surface area contributed by atoms with Crippen LogP contribution in [0.2, 0.25) is 0 Å². The van der Waals surface area contributed by atoms with Gasteiger partial charge in [-0.15, -0.1) is 0 Å². The van der Waals surface area contributed by atoms with Gasteiger partial charge in [0.15, 0.2) is 0 Å². The van der Waals surface area contributed by atoms with Gasteiger partial charge in [0, 0.05) is 38.3 Å². The normalized spacial score (nSPS) is 14.5. The maximum Gasteiger partial charge on any atom is 0.335 e. The van der Waals surface area contributed by atoms with E-state index in [4.69, 9.17) is 0 Å². The van der Waals surface area contributed by atoms with Crippen molar-refractivity contribution in [3.63, 3.8) is 0 Å². The predicted molar refractivity (Wildman–Crippen MR) is 110 cm³/mol. The highest BCUT2D eigenvalue weighted by Gasteiger charge is 2.25. The number of hydrogen-bond donors (Lipinski definition) is 1. The molecule has 0 radical (unpaired) electrons. The number of piperidine rings is 1. The second kappa shape index (κ2) is 8.90. The lowest BCUT2D eigenvalue weighted by Crippen LogP contribution is -2.39. The number of amides is 2. The third-order valence-electron chi connectivity index (χ3n) is 5.44. The zero-order chi connectivity index (χ0) is 21.0. The molecule has 0 unspecified atom stereocenters. The number of rotatable bonds is 5. The lowest BCUT2D eigenvalue weighted by molar-refractivity contribution is 0.0689. The highest BCUT2D eigenvalue weighted by atomic mass is 16.4. The zero-order valence-electron chi connectivity index (χ0n) is 16.8. The Bertz CT molecular complexity index is 897. The third-order valence-corrected chi connectivity index (χ3v) is 5.44. The maximum absolute atomic E-state index is 12.8. The standard InChI is InChI=1S/C23H26N2O4/c1-24(2)21(26)17-7-9-18(10-8-17)22(27)25-13-11-16(12-14-25)15-19-5-3-4-6-20(19)23(28)29/h3-10,16H,11-15H2,1-2H3,(H,28,29). The summed E-state index contributed by atoms with van der Waals surface area (Å²) in [4.78, 5) is 39.5. The number of aromatic carboxylic acids is 1. The number of carbonyl (C=O) groups excluding carboxylic acids is 2. The van der Waals surface area contributed by atoms with Crippen LogP contribution in [-0.4, -0.2) is 59.9 Å². The summed E-state index contributed by atoms with van der Waals surface area (Å²) >= 11 is 0. The number of hydrogen-bond acceptors (Lipinski definition) is 3. The van der Waals surface area contributed by atoms with Gasteiger partial charge in [-0.3, -0.25) is 9.59 Å². The van der Waals surface area contributed by atoms with E-state index in [1.807, 2.05) is 17.0 Å². The molecule has 1 aliphatic heterocycles. The van der Waals surface area contributed by atoms with E-state index < -0.39 is 5.97 Å². The van der Waals surface area contributed by atoms with Crippen molar-refractivity contribution in [3.8, 4) is 0 Å². The van der Waals surface area contributed by atoms with E-state index in [9.17, 15) is 19.5 Å². The molecule has 2 aromatic carbocycles. The molecule has 29 heavy (non-hydrogen) atoms. The summed E-state index contributed by atoms with van der Waals surface area (Å²) in [7, 11) is 3.39. The molecule has 0 atom stereocenters. The van der Waals surface area contributed by atoms with Crippen LogP contribution in [0.3, 0.4) is 0 Å². The summed E-state index contributed by atoms with van der Waals surface area (Å²) in [6.07, 6.45) is 2.40. The van der Waals surface area contributed by atoms with Gasteiger partial charge < -0.3 is 14.9 Å². The number of carboxylic acid groups (broad SMARTS) is 1. The summed E-state index contributed by atoms with van der Waals surface area (Å²) in [5.74, 6) is -0.659. The van der Waals surface area contributed by atoms with Gasteiger partial charge in [-0.05, 0) is 61.1 Å². The molecule has 6 nitrogen and oxygen atoms in total. The van der Waals surface area contributed by atoms with Crippen molar-refractivity contribution >= 4 is 17.8 Å². The second-order valence-electron chi connectivity index (χ2n) is 7.68. The van der Waals surface area contributed by atoms with Crippen molar-refractivity contribution in [1.82, 2.24) is 9.80 Å². The topological polar surface area (TPSA) is 77.9 Å². The predicted octanol–water partition coefficient (Wildman–Crippen LogP) is 3.18. The first kappa shape index (κ1) is 20.6. The van der Waals surface area contributed by atoms with Crippen LogP contribution >= 0.6 is 0 Å². The molecule has 6 heteroatoms. The minimum atomic E-state index is -0.899. The molecule has 2 aromatic rings. The Labute approximate surface area is 170 Å². The number of likely N-dealkylation sites (tertiary alicyclic amines) is 1. The SMILES string of the molecule is CN(C)C(=O)c1ccc(C(=O)N2CCC(Cc3ccccc3C(=O)O)CC2)cc1. The van der Waals surface area contributed by atoms with Gasteiger partial charge in [0.1, 0.15) is 0 Å². The second-order valence-corrected chi connectivity index (χ2v) is 7.68. The Balaban J connectivity index is 1.59. The van der Waals surface area contributed by atoms with Gasteiger partial charge >= 0.3 is 5.97 Å².